The van der Waals surface area contributed by atoms with Gasteiger partial charge in [0.15, 0.2) is 5.65 Å². The first-order valence-electron chi connectivity index (χ1n) is 9.70. The Bertz CT molecular complexity index is 1400. The van der Waals surface area contributed by atoms with Gasteiger partial charge < -0.3 is 15.2 Å². The second-order valence-corrected chi connectivity index (χ2v) is 7.78. The molecule has 0 aliphatic rings. The van der Waals surface area contributed by atoms with E-state index in [-0.39, 0.29) is 11.5 Å². The Kier molecular flexibility index (Phi) is 5.63. The Morgan fingerprint density at radius 1 is 1.19 bits per heavy atom. The molecule has 7 nitrogen and oxygen atoms in total. The normalized spacial score (nSPS) is 11.4. The van der Waals surface area contributed by atoms with E-state index < -0.39 is 0 Å². The Morgan fingerprint density at radius 2 is 1.94 bits per heavy atom. The summed E-state index contributed by atoms with van der Waals surface area (Å²) in [6, 6.07) is 16.9. The first-order chi connectivity index (χ1) is 15.4. The van der Waals surface area contributed by atoms with E-state index in [0.29, 0.717) is 22.1 Å². The fourth-order valence-corrected chi connectivity index (χ4v) is 3.57. The standard InChI is InChI=1S/C24H19ClN6O/c1-30(2)24(32)17(12-26)10-15-4-3-5-19(11-15)31-13-20(16-6-8-18(25)9-7-16)21-22(27)28-14-29-23(21)31/h3-11,13-14H,1-2H3,(H2,27,28,29)/b17-10+. The van der Waals surface area contributed by atoms with Gasteiger partial charge >= 0.3 is 0 Å². The third-order valence-electron chi connectivity index (χ3n) is 4.98. The van der Waals surface area contributed by atoms with Crippen molar-refractivity contribution in [2.75, 3.05) is 19.8 Å². The number of likely N-dealkylation sites (N-methyl/N-ethyl adjacent to an activating group) is 1. The molecule has 8 heteroatoms. The number of carbonyl (C=O) groups is 1. The number of carbonyl (C=O) groups excluding carboxylic acids is 1. The third-order valence-corrected chi connectivity index (χ3v) is 5.24. The van der Waals surface area contributed by atoms with E-state index in [1.165, 1.54) is 11.2 Å². The van der Waals surface area contributed by atoms with Crippen molar-refractivity contribution in [2.45, 2.75) is 0 Å². The summed E-state index contributed by atoms with van der Waals surface area (Å²) in [4.78, 5) is 22.2. The summed E-state index contributed by atoms with van der Waals surface area (Å²) in [5.41, 5.74) is 10.2. The quantitative estimate of drug-likeness (QED) is 0.374. The number of anilines is 1. The molecule has 0 bridgehead atoms. The SMILES string of the molecule is CN(C)C(=O)/C(C#N)=C/c1cccc(-n2cc(-c3ccc(Cl)cc3)c3c(N)ncnc32)c1. The monoisotopic (exact) mass is 442 g/mol. The molecule has 2 N–H and O–H groups in total. The third kappa shape index (κ3) is 3.92. The second kappa shape index (κ2) is 8.53. The molecule has 1 amide bonds. The van der Waals surface area contributed by atoms with Crippen molar-refractivity contribution < 1.29 is 4.79 Å². The van der Waals surface area contributed by atoms with Crippen molar-refractivity contribution in [3.05, 3.63) is 77.2 Å². The van der Waals surface area contributed by atoms with Crippen molar-refractivity contribution in [3.63, 3.8) is 0 Å². The van der Waals surface area contributed by atoms with E-state index in [4.69, 9.17) is 17.3 Å². The maximum atomic E-state index is 12.2. The summed E-state index contributed by atoms with van der Waals surface area (Å²) in [6.07, 6.45) is 4.94. The minimum atomic E-state index is -0.352. The molecule has 0 saturated carbocycles. The average Bonchev–Trinajstić information content (AvgIpc) is 3.19. The number of hydrogen-bond acceptors (Lipinski definition) is 5. The highest BCUT2D eigenvalue weighted by Gasteiger charge is 2.17. The lowest BCUT2D eigenvalue weighted by molar-refractivity contribution is -0.124. The van der Waals surface area contributed by atoms with Gasteiger partial charge in [0.1, 0.15) is 23.8 Å². The molecular formula is C24H19ClN6O. The molecule has 32 heavy (non-hydrogen) atoms. The number of fused-ring (bicyclic) bond motifs is 1. The summed E-state index contributed by atoms with van der Waals surface area (Å²) < 4.78 is 1.91. The molecule has 0 atom stereocenters. The summed E-state index contributed by atoms with van der Waals surface area (Å²) in [5, 5.41) is 10.8. The molecule has 0 aliphatic heterocycles. The Balaban J connectivity index is 1.88. The van der Waals surface area contributed by atoms with Crippen LogP contribution in [0, 0.1) is 11.3 Å². The molecule has 2 heterocycles. The fourth-order valence-electron chi connectivity index (χ4n) is 3.44. The molecule has 0 fully saturated rings. The molecule has 0 unspecified atom stereocenters. The number of benzene rings is 2. The Morgan fingerprint density at radius 3 is 2.62 bits per heavy atom. The lowest BCUT2D eigenvalue weighted by atomic mass is 10.1. The van der Waals surface area contributed by atoms with Crippen LogP contribution in [0.3, 0.4) is 0 Å². The van der Waals surface area contributed by atoms with E-state index in [1.54, 1.807) is 20.2 Å². The average molecular weight is 443 g/mol. The van der Waals surface area contributed by atoms with Crippen LogP contribution in [-0.2, 0) is 4.79 Å². The van der Waals surface area contributed by atoms with Gasteiger partial charge in [-0.2, -0.15) is 5.26 Å². The number of halogens is 1. The Labute approximate surface area is 190 Å². The van der Waals surface area contributed by atoms with E-state index in [9.17, 15) is 10.1 Å². The zero-order valence-corrected chi connectivity index (χ0v) is 18.2. The smallest absolute Gasteiger partial charge is 0.264 e. The van der Waals surface area contributed by atoms with Crippen LogP contribution in [0.25, 0.3) is 33.9 Å². The van der Waals surface area contributed by atoms with E-state index >= 15 is 0 Å². The first kappa shape index (κ1) is 21.1. The molecular weight excluding hydrogens is 424 g/mol. The predicted octanol–water partition coefficient (Wildman–Crippen LogP) is 4.32. The van der Waals surface area contributed by atoms with Gasteiger partial charge in [-0.05, 0) is 41.5 Å². The molecule has 4 rings (SSSR count). The lowest BCUT2D eigenvalue weighted by Crippen LogP contribution is -2.22. The highest BCUT2D eigenvalue weighted by Crippen LogP contribution is 2.34. The van der Waals surface area contributed by atoms with E-state index in [0.717, 1.165) is 22.2 Å². The first-order valence-corrected chi connectivity index (χ1v) is 10.1. The molecule has 0 spiro atoms. The highest BCUT2D eigenvalue weighted by atomic mass is 35.5. The number of nitrogens with zero attached hydrogens (tertiary/aromatic N) is 5. The second-order valence-electron chi connectivity index (χ2n) is 7.34. The van der Waals surface area contributed by atoms with E-state index in [1.807, 2.05) is 65.4 Å². The fraction of sp³-hybridized carbons (Fsp3) is 0.0833. The van der Waals surface area contributed by atoms with Crippen molar-refractivity contribution in [2.24, 2.45) is 0 Å². The van der Waals surface area contributed by atoms with Crippen molar-refractivity contribution in [3.8, 4) is 22.9 Å². The number of hydrogen-bond donors (Lipinski definition) is 1. The predicted molar refractivity (Wildman–Crippen MR) is 126 cm³/mol. The number of nitrogen functional groups attached to an aromatic ring is 1. The van der Waals surface area contributed by atoms with Crippen LogP contribution in [0.1, 0.15) is 5.56 Å². The topological polar surface area (TPSA) is 101 Å². The molecule has 4 aromatic rings. The van der Waals surface area contributed by atoms with Crippen LogP contribution < -0.4 is 5.73 Å². The Hall–Kier alpha value is -4.15. The van der Waals surface area contributed by atoms with Crippen molar-refractivity contribution in [1.29, 1.82) is 5.26 Å². The van der Waals surface area contributed by atoms with Gasteiger partial charge in [0, 0.05) is 36.6 Å². The number of rotatable bonds is 4. The van der Waals surface area contributed by atoms with Crippen LogP contribution in [0.15, 0.2) is 66.6 Å². The minimum absolute atomic E-state index is 0.0536. The summed E-state index contributed by atoms with van der Waals surface area (Å²) >= 11 is 6.05. The van der Waals surface area contributed by atoms with Gasteiger partial charge in [0.2, 0.25) is 0 Å². The number of nitrogens with two attached hydrogens (primary N) is 1. The zero-order valence-electron chi connectivity index (χ0n) is 17.5. The molecule has 158 valence electrons. The molecule has 0 aliphatic carbocycles. The maximum Gasteiger partial charge on any atom is 0.264 e. The van der Waals surface area contributed by atoms with Crippen LogP contribution in [0.2, 0.25) is 5.02 Å². The van der Waals surface area contributed by atoms with Gasteiger partial charge in [-0.1, -0.05) is 35.9 Å². The molecule has 2 aromatic heterocycles. The van der Waals surface area contributed by atoms with Crippen LogP contribution >= 0.6 is 11.6 Å². The van der Waals surface area contributed by atoms with Crippen LogP contribution in [0.5, 0.6) is 0 Å². The maximum absolute atomic E-state index is 12.2. The zero-order chi connectivity index (χ0) is 22.8. The van der Waals surface area contributed by atoms with Gasteiger partial charge in [-0.25, -0.2) is 9.97 Å². The van der Waals surface area contributed by atoms with Gasteiger partial charge in [0.05, 0.1) is 5.39 Å². The van der Waals surface area contributed by atoms with Crippen LogP contribution in [-0.4, -0.2) is 39.4 Å². The summed E-state index contributed by atoms with van der Waals surface area (Å²) in [7, 11) is 3.22. The number of nitriles is 1. The lowest BCUT2D eigenvalue weighted by Gasteiger charge is -2.09. The minimum Gasteiger partial charge on any atom is -0.383 e. The number of amides is 1. The van der Waals surface area contributed by atoms with E-state index in [2.05, 4.69) is 9.97 Å². The van der Waals surface area contributed by atoms with Gasteiger partial charge in [-0.3, -0.25) is 4.79 Å². The largest absolute Gasteiger partial charge is 0.383 e. The number of aromatic nitrogens is 3. The molecule has 0 saturated heterocycles. The summed E-state index contributed by atoms with van der Waals surface area (Å²) in [5.74, 6) is 0.0213. The van der Waals surface area contributed by atoms with Gasteiger partial charge in [0.25, 0.3) is 5.91 Å². The highest BCUT2D eigenvalue weighted by molar-refractivity contribution is 6.30. The van der Waals surface area contributed by atoms with Gasteiger partial charge in [-0.15, -0.1) is 0 Å². The van der Waals surface area contributed by atoms with Crippen molar-refractivity contribution in [1.82, 2.24) is 19.4 Å². The summed E-state index contributed by atoms with van der Waals surface area (Å²) in [6.45, 7) is 0. The molecule has 2 aromatic carbocycles. The van der Waals surface area contributed by atoms with Crippen LogP contribution in [0.4, 0.5) is 5.82 Å². The van der Waals surface area contributed by atoms with Crippen molar-refractivity contribution >= 4 is 40.4 Å². The molecule has 0 radical (unpaired) electrons.